The van der Waals surface area contributed by atoms with Crippen molar-refractivity contribution in [2.75, 3.05) is 13.1 Å². The van der Waals surface area contributed by atoms with Crippen molar-refractivity contribution in [3.8, 4) is 11.5 Å². The minimum Gasteiger partial charge on any atom is -0.507 e. The van der Waals surface area contributed by atoms with E-state index in [-0.39, 0.29) is 17.5 Å². The van der Waals surface area contributed by atoms with Crippen molar-refractivity contribution >= 4 is 0 Å². The zero-order chi connectivity index (χ0) is 12.7. The molecular formula is C15H21NO2. The lowest BCUT2D eigenvalue weighted by Crippen LogP contribution is -2.25. The number of hydrogen-bond acceptors (Lipinski definition) is 3. The fourth-order valence-corrected chi connectivity index (χ4v) is 3.74. The van der Waals surface area contributed by atoms with Crippen LogP contribution < -0.4 is 0 Å². The van der Waals surface area contributed by atoms with Crippen molar-refractivity contribution in [3.63, 3.8) is 0 Å². The Kier molecular flexibility index (Phi) is 2.94. The van der Waals surface area contributed by atoms with E-state index in [0.717, 1.165) is 24.9 Å². The highest BCUT2D eigenvalue weighted by Crippen LogP contribution is 2.43. The molecular weight excluding hydrogens is 226 g/mol. The standard InChI is InChI=1S/C15H21NO2/c1-10(15-13(17)6-3-7-14(15)18)16-8-11-4-2-5-12(11)9-16/h3,6-7,10-12,17-18H,2,4-5,8-9H2,1H3. The van der Waals surface area contributed by atoms with E-state index in [1.165, 1.54) is 19.3 Å². The van der Waals surface area contributed by atoms with Gasteiger partial charge in [-0.3, -0.25) is 4.90 Å². The average Bonchev–Trinajstić information content (AvgIpc) is 2.88. The molecule has 0 bridgehead atoms. The van der Waals surface area contributed by atoms with E-state index in [1.807, 2.05) is 0 Å². The summed E-state index contributed by atoms with van der Waals surface area (Å²) in [6.07, 6.45) is 4.07. The average molecular weight is 247 g/mol. The van der Waals surface area contributed by atoms with Crippen LogP contribution in [0.25, 0.3) is 0 Å². The molecule has 0 spiro atoms. The van der Waals surface area contributed by atoms with Crippen LogP contribution in [0.3, 0.4) is 0 Å². The first-order valence-corrected chi connectivity index (χ1v) is 6.91. The van der Waals surface area contributed by atoms with Crippen LogP contribution in [0.4, 0.5) is 0 Å². The molecule has 3 unspecified atom stereocenters. The Morgan fingerprint density at radius 3 is 2.22 bits per heavy atom. The van der Waals surface area contributed by atoms with Gasteiger partial charge in [0.25, 0.3) is 0 Å². The lowest BCUT2D eigenvalue weighted by atomic mass is 10.0. The van der Waals surface area contributed by atoms with Gasteiger partial charge in [0.15, 0.2) is 0 Å². The highest BCUT2D eigenvalue weighted by Gasteiger charge is 2.38. The van der Waals surface area contributed by atoms with Crippen LogP contribution in [-0.2, 0) is 0 Å². The minimum absolute atomic E-state index is 0.0943. The molecule has 98 valence electrons. The van der Waals surface area contributed by atoms with Gasteiger partial charge in [-0.1, -0.05) is 12.5 Å². The first-order valence-electron chi connectivity index (χ1n) is 6.91. The lowest BCUT2D eigenvalue weighted by molar-refractivity contribution is 0.233. The summed E-state index contributed by atoms with van der Waals surface area (Å²) in [7, 11) is 0. The molecule has 3 atom stereocenters. The Bertz CT molecular complexity index is 414. The Labute approximate surface area is 108 Å². The number of fused-ring (bicyclic) bond motifs is 1. The zero-order valence-corrected chi connectivity index (χ0v) is 10.8. The number of rotatable bonds is 2. The maximum atomic E-state index is 9.94. The second kappa shape index (κ2) is 4.47. The van der Waals surface area contributed by atoms with Crippen molar-refractivity contribution in [3.05, 3.63) is 23.8 Å². The molecule has 2 fully saturated rings. The maximum absolute atomic E-state index is 9.94. The van der Waals surface area contributed by atoms with Crippen molar-refractivity contribution in [2.24, 2.45) is 11.8 Å². The minimum atomic E-state index is 0.0943. The van der Waals surface area contributed by atoms with Gasteiger partial charge in [-0.2, -0.15) is 0 Å². The summed E-state index contributed by atoms with van der Waals surface area (Å²) in [6, 6.07) is 5.08. The van der Waals surface area contributed by atoms with E-state index >= 15 is 0 Å². The topological polar surface area (TPSA) is 43.7 Å². The van der Waals surface area contributed by atoms with Crippen molar-refractivity contribution in [2.45, 2.75) is 32.2 Å². The lowest BCUT2D eigenvalue weighted by Gasteiger charge is -2.26. The molecule has 2 N–H and O–H groups in total. The normalized spacial score (nSPS) is 29.4. The molecule has 3 rings (SSSR count). The van der Waals surface area contributed by atoms with Gasteiger partial charge in [0, 0.05) is 19.1 Å². The summed E-state index contributed by atoms with van der Waals surface area (Å²) in [5.74, 6) is 2.08. The molecule has 1 aliphatic carbocycles. The van der Waals surface area contributed by atoms with Crippen molar-refractivity contribution in [1.82, 2.24) is 4.90 Å². The number of phenolic OH excluding ortho intramolecular Hbond substituents is 2. The third-order valence-electron chi connectivity index (χ3n) is 4.78. The Morgan fingerprint density at radius 2 is 1.67 bits per heavy atom. The van der Waals surface area contributed by atoms with E-state index in [4.69, 9.17) is 0 Å². The second-order valence-electron chi connectivity index (χ2n) is 5.79. The molecule has 1 saturated carbocycles. The quantitative estimate of drug-likeness (QED) is 0.844. The summed E-state index contributed by atoms with van der Waals surface area (Å²) in [6.45, 7) is 4.30. The largest absolute Gasteiger partial charge is 0.507 e. The molecule has 0 radical (unpaired) electrons. The van der Waals surface area contributed by atoms with Gasteiger partial charge in [-0.25, -0.2) is 0 Å². The van der Waals surface area contributed by atoms with Gasteiger partial charge in [0.2, 0.25) is 0 Å². The third-order valence-corrected chi connectivity index (χ3v) is 4.78. The molecule has 0 amide bonds. The van der Waals surface area contributed by atoms with Crippen LogP contribution >= 0.6 is 0 Å². The van der Waals surface area contributed by atoms with Crippen LogP contribution in [0.1, 0.15) is 37.8 Å². The SMILES string of the molecule is CC(c1c(O)cccc1O)N1CC2CCCC2C1. The van der Waals surface area contributed by atoms with E-state index in [9.17, 15) is 10.2 Å². The first kappa shape index (κ1) is 11.8. The number of hydrogen-bond donors (Lipinski definition) is 2. The Hall–Kier alpha value is -1.22. The smallest absolute Gasteiger partial charge is 0.124 e. The molecule has 1 aromatic rings. The predicted octanol–water partition coefficient (Wildman–Crippen LogP) is 2.89. The summed E-state index contributed by atoms with van der Waals surface area (Å²) in [4.78, 5) is 2.41. The molecule has 2 aliphatic rings. The molecule has 3 nitrogen and oxygen atoms in total. The van der Waals surface area contributed by atoms with Gasteiger partial charge in [-0.05, 0) is 43.7 Å². The highest BCUT2D eigenvalue weighted by molar-refractivity contribution is 5.45. The molecule has 1 aromatic carbocycles. The van der Waals surface area contributed by atoms with Gasteiger partial charge in [0.1, 0.15) is 11.5 Å². The number of aromatic hydroxyl groups is 2. The highest BCUT2D eigenvalue weighted by atomic mass is 16.3. The molecule has 18 heavy (non-hydrogen) atoms. The van der Waals surface area contributed by atoms with Crippen LogP contribution in [0.15, 0.2) is 18.2 Å². The molecule has 1 aliphatic heterocycles. The Balaban J connectivity index is 1.81. The van der Waals surface area contributed by atoms with Gasteiger partial charge in [-0.15, -0.1) is 0 Å². The second-order valence-corrected chi connectivity index (χ2v) is 5.79. The van der Waals surface area contributed by atoms with Crippen LogP contribution in [0, 0.1) is 11.8 Å². The van der Waals surface area contributed by atoms with E-state index in [2.05, 4.69) is 11.8 Å². The summed E-state index contributed by atoms with van der Waals surface area (Å²) in [5, 5.41) is 19.9. The molecule has 1 heterocycles. The summed E-state index contributed by atoms with van der Waals surface area (Å²) >= 11 is 0. The maximum Gasteiger partial charge on any atom is 0.124 e. The monoisotopic (exact) mass is 247 g/mol. The van der Waals surface area contributed by atoms with Crippen LogP contribution in [0.2, 0.25) is 0 Å². The molecule has 3 heteroatoms. The Morgan fingerprint density at radius 1 is 1.11 bits per heavy atom. The van der Waals surface area contributed by atoms with E-state index in [0.29, 0.717) is 5.56 Å². The van der Waals surface area contributed by atoms with Crippen LogP contribution in [0.5, 0.6) is 11.5 Å². The van der Waals surface area contributed by atoms with Crippen molar-refractivity contribution in [1.29, 1.82) is 0 Å². The third kappa shape index (κ3) is 1.87. The van der Waals surface area contributed by atoms with E-state index < -0.39 is 0 Å². The van der Waals surface area contributed by atoms with Crippen LogP contribution in [-0.4, -0.2) is 28.2 Å². The molecule has 1 saturated heterocycles. The fourth-order valence-electron chi connectivity index (χ4n) is 3.74. The fraction of sp³-hybridized carbons (Fsp3) is 0.600. The molecule has 0 aromatic heterocycles. The van der Waals surface area contributed by atoms with Crippen molar-refractivity contribution < 1.29 is 10.2 Å². The number of nitrogens with zero attached hydrogens (tertiary/aromatic N) is 1. The first-order chi connectivity index (χ1) is 8.66. The number of likely N-dealkylation sites (tertiary alicyclic amines) is 1. The van der Waals surface area contributed by atoms with Gasteiger partial charge < -0.3 is 10.2 Å². The van der Waals surface area contributed by atoms with Gasteiger partial charge >= 0.3 is 0 Å². The van der Waals surface area contributed by atoms with E-state index in [1.54, 1.807) is 18.2 Å². The van der Waals surface area contributed by atoms with Gasteiger partial charge in [0.05, 0.1) is 5.56 Å². The summed E-state index contributed by atoms with van der Waals surface area (Å²) < 4.78 is 0. The number of benzene rings is 1. The zero-order valence-electron chi connectivity index (χ0n) is 10.8. The number of phenols is 2. The summed E-state index contributed by atoms with van der Waals surface area (Å²) in [5.41, 5.74) is 0.678. The predicted molar refractivity (Wildman–Crippen MR) is 70.6 cm³/mol.